The van der Waals surface area contributed by atoms with Gasteiger partial charge in [0.25, 0.3) is 0 Å². The zero-order valence-electron chi connectivity index (χ0n) is 7.42. The number of carbonyl (C=O) groups excluding carboxylic acids is 1. The first kappa shape index (κ1) is 14.0. The number of halogens is 5. The summed E-state index contributed by atoms with van der Waals surface area (Å²) in [5.74, 6) is -2.63. The van der Waals surface area contributed by atoms with Crippen LogP contribution in [0.3, 0.4) is 0 Å². The van der Waals surface area contributed by atoms with Gasteiger partial charge in [0.05, 0.1) is 6.04 Å². The van der Waals surface area contributed by atoms with Gasteiger partial charge in [-0.3, -0.25) is 4.74 Å². The molecule has 0 aromatic heterocycles. The van der Waals surface area contributed by atoms with Crippen LogP contribution < -0.4 is 5.73 Å². The molecule has 15 heavy (non-hydrogen) atoms. The van der Waals surface area contributed by atoms with Gasteiger partial charge in [-0.25, -0.2) is 4.79 Å². The van der Waals surface area contributed by atoms with Gasteiger partial charge in [0.1, 0.15) is 0 Å². The Morgan fingerprint density at radius 1 is 1.33 bits per heavy atom. The molecular formula is C6H8F5NO3. The molecule has 0 aliphatic rings. The molecular weight excluding hydrogens is 229 g/mol. The summed E-state index contributed by atoms with van der Waals surface area (Å²) in [4.78, 5) is 10.2. The van der Waals surface area contributed by atoms with E-state index in [9.17, 15) is 26.7 Å². The molecule has 0 aromatic rings. The summed E-state index contributed by atoms with van der Waals surface area (Å²) >= 11 is 0. The number of alkyl halides is 5. The quantitative estimate of drug-likeness (QED) is 0.450. The van der Waals surface area contributed by atoms with Crippen molar-refractivity contribution in [1.82, 2.24) is 0 Å². The van der Waals surface area contributed by atoms with E-state index >= 15 is 0 Å². The van der Waals surface area contributed by atoms with Gasteiger partial charge in [-0.1, -0.05) is 0 Å². The first-order valence-electron chi connectivity index (χ1n) is 3.61. The van der Waals surface area contributed by atoms with E-state index in [2.05, 4.69) is 9.47 Å². The monoisotopic (exact) mass is 237 g/mol. The Kier molecular flexibility index (Phi) is 4.88. The number of ether oxygens (including phenoxy) is 2. The van der Waals surface area contributed by atoms with Crippen LogP contribution in [0.25, 0.3) is 0 Å². The molecule has 0 spiro atoms. The normalized spacial score (nSPS) is 16.3. The van der Waals surface area contributed by atoms with Crippen LogP contribution in [0, 0.1) is 0 Å². The molecule has 90 valence electrons. The van der Waals surface area contributed by atoms with Gasteiger partial charge in [0.15, 0.2) is 0 Å². The molecule has 0 bridgehead atoms. The highest BCUT2D eigenvalue weighted by Crippen LogP contribution is 2.19. The average molecular weight is 237 g/mol. The van der Waals surface area contributed by atoms with Crippen molar-refractivity contribution in [2.24, 2.45) is 5.73 Å². The molecule has 4 nitrogen and oxygen atoms in total. The molecule has 0 heterocycles. The van der Waals surface area contributed by atoms with E-state index in [4.69, 9.17) is 5.73 Å². The standard InChI is InChI=1S/C6H8F5NO3/c1-2(12)3(15-5(7)8)14-4(13)6(9,10)11/h2-3,5H,12H2,1H3/t2-,3?/m0/s1. The maximum atomic E-state index is 11.7. The van der Waals surface area contributed by atoms with Crippen molar-refractivity contribution in [1.29, 1.82) is 0 Å². The summed E-state index contributed by atoms with van der Waals surface area (Å²) in [7, 11) is 0. The molecule has 9 heteroatoms. The Balaban J connectivity index is 4.36. The second-order valence-corrected chi connectivity index (χ2v) is 2.53. The topological polar surface area (TPSA) is 61.5 Å². The number of rotatable bonds is 4. The first-order chi connectivity index (χ1) is 6.64. The third-order valence-electron chi connectivity index (χ3n) is 1.12. The summed E-state index contributed by atoms with van der Waals surface area (Å²) in [5.41, 5.74) is 4.97. The fourth-order valence-corrected chi connectivity index (χ4v) is 0.533. The van der Waals surface area contributed by atoms with Crippen LogP contribution in [0.2, 0.25) is 0 Å². The lowest BCUT2D eigenvalue weighted by atomic mass is 10.3. The Hall–Kier alpha value is -0.960. The third-order valence-corrected chi connectivity index (χ3v) is 1.12. The maximum Gasteiger partial charge on any atom is 0.491 e. The number of carbonyl (C=O) groups is 1. The van der Waals surface area contributed by atoms with Gasteiger partial charge >= 0.3 is 18.8 Å². The van der Waals surface area contributed by atoms with Crippen LogP contribution >= 0.6 is 0 Å². The van der Waals surface area contributed by atoms with Crippen LogP contribution in [-0.2, 0) is 14.3 Å². The Morgan fingerprint density at radius 3 is 2.07 bits per heavy atom. The molecule has 0 aromatic carbocycles. The predicted octanol–water partition coefficient (Wildman–Crippen LogP) is 1.00. The van der Waals surface area contributed by atoms with Crippen LogP contribution in [0.4, 0.5) is 22.0 Å². The molecule has 0 aliphatic carbocycles. The lowest BCUT2D eigenvalue weighted by Gasteiger charge is -2.21. The number of hydrogen-bond acceptors (Lipinski definition) is 4. The Labute approximate surface area is 81.1 Å². The van der Waals surface area contributed by atoms with E-state index < -0.39 is 31.1 Å². The number of nitrogens with two attached hydrogens (primary N) is 1. The minimum Gasteiger partial charge on any atom is -0.427 e. The van der Waals surface area contributed by atoms with E-state index in [1.807, 2.05) is 0 Å². The summed E-state index contributed by atoms with van der Waals surface area (Å²) in [5, 5.41) is 0. The first-order valence-corrected chi connectivity index (χ1v) is 3.61. The molecule has 0 saturated carbocycles. The minimum absolute atomic E-state index is 1.05. The van der Waals surface area contributed by atoms with Crippen LogP contribution in [0.15, 0.2) is 0 Å². The van der Waals surface area contributed by atoms with Crippen molar-refractivity contribution in [2.45, 2.75) is 32.0 Å². The SMILES string of the molecule is C[C@H](N)C(OC(=O)C(F)(F)F)OC(F)F. The fourth-order valence-electron chi connectivity index (χ4n) is 0.533. The van der Waals surface area contributed by atoms with Gasteiger partial charge < -0.3 is 10.5 Å². The molecule has 0 aliphatic heterocycles. The van der Waals surface area contributed by atoms with Gasteiger partial charge in [-0.15, -0.1) is 0 Å². The van der Waals surface area contributed by atoms with Crippen LogP contribution in [0.5, 0.6) is 0 Å². The Morgan fingerprint density at radius 2 is 1.80 bits per heavy atom. The van der Waals surface area contributed by atoms with Crippen molar-refractivity contribution in [3.05, 3.63) is 0 Å². The van der Waals surface area contributed by atoms with Gasteiger partial charge in [-0.05, 0) is 6.92 Å². The zero-order chi connectivity index (χ0) is 12.2. The van der Waals surface area contributed by atoms with Crippen molar-refractivity contribution in [3.8, 4) is 0 Å². The summed E-state index contributed by atoms with van der Waals surface area (Å²) in [6.07, 6.45) is -7.42. The lowest BCUT2D eigenvalue weighted by molar-refractivity contribution is -0.265. The molecule has 0 saturated heterocycles. The Bertz CT molecular complexity index is 217. The summed E-state index contributed by atoms with van der Waals surface area (Å²) < 4.78 is 65.4. The maximum absolute atomic E-state index is 11.7. The van der Waals surface area contributed by atoms with E-state index in [1.54, 1.807) is 0 Å². The van der Waals surface area contributed by atoms with Crippen molar-refractivity contribution in [3.63, 3.8) is 0 Å². The second-order valence-electron chi connectivity index (χ2n) is 2.53. The minimum atomic E-state index is -5.28. The van der Waals surface area contributed by atoms with Crippen LogP contribution in [0.1, 0.15) is 6.92 Å². The molecule has 2 N–H and O–H groups in total. The number of hydrogen-bond donors (Lipinski definition) is 1. The van der Waals surface area contributed by atoms with E-state index in [0.29, 0.717) is 0 Å². The molecule has 0 amide bonds. The fraction of sp³-hybridized carbons (Fsp3) is 0.833. The van der Waals surface area contributed by atoms with E-state index in [0.717, 1.165) is 6.92 Å². The highest BCUT2D eigenvalue weighted by Gasteiger charge is 2.43. The van der Waals surface area contributed by atoms with Gasteiger partial charge in [0, 0.05) is 0 Å². The van der Waals surface area contributed by atoms with E-state index in [-0.39, 0.29) is 0 Å². The largest absolute Gasteiger partial charge is 0.491 e. The van der Waals surface area contributed by atoms with Crippen molar-refractivity contribution < 1.29 is 36.2 Å². The third kappa shape index (κ3) is 5.47. The highest BCUT2D eigenvalue weighted by molar-refractivity contribution is 5.75. The second kappa shape index (κ2) is 5.21. The predicted molar refractivity (Wildman–Crippen MR) is 36.7 cm³/mol. The molecule has 2 atom stereocenters. The summed E-state index contributed by atoms with van der Waals surface area (Å²) in [6.45, 7) is -2.33. The smallest absolute Gasteiger partial charge is 0.427 e. The molecule has 0 fully saturated rings. The number of esters is 1. The molecule has 1 unspecified atom stereocenters. The van der Waals surface area contributed by atoms with Crippen molar-refractivity contribution in [2.75, 3.05) is 0 Å². The van der Waals surface area contributed by atoms with E-state index in [1.165, 1.54) is 0 Å². The van der Waals surface area contributed by atoms with Gasteiger partial charge in [-0.2, -0.15) is 22.0 Å². The highest BCUT2D eigenvalue weighted by atomic mass is 19.4. The molecule has 0 rings (SSSR count). The summed E-state index contributed by atoms with van der Waals surface area (Å²) in [6, 6.07) is -1.31. The van der Waals surface area contributed by atoms with Crippen molar-refractivity contribution >= 4 is 5.97 Å². The van der Waals surface area contributed by atoms with Gasteiger partial charge in [0.2, 0.25) is 6.29 Å². The lowest BCUT2D eigenvalue weighted by Crippen LogP contribution is -2.42. The average Bonchev–Trinajstić information content (AvgIpc) is 1.99. The van der Waals surface area contributed by atoms with Crippen LogP contribution in [-0.4, -0.2) is 31.1 Å². The molecule has 0 radical (unpaired) electrons. The zero-order valence-corrected chi connectivity index (χ0v) is 7.42.